The monoisotopic (exact) mass is 1330 g/mol. The molecule has 524 valence electrons. The number of H-pyrrole nitrogens is 1. The van der Waals surface area contributed by atoms with Crippen LogP contribution in [0.2, 0.25) is 0 Å². The lowest BCUT2D eigenvalue weighted by Crippen LogP contribution is -2.61. The minimum atomic E-state index is -1.89. The number of carbonyl (C=O) groups is 14. The molecule has 12 amide bonds. The van der Waals surface area contributed by atoms with Crippen molar-refractivity contribution in [2.45, 2.75) is 194 Å². The number of aliphatic imine (C=N–C) groups is 1. The summed E-state index contributed by atoms with van der Waals surface area (Å²) in [5.74, 6) is -15.6. The predicted molar refractivity (Wildman–Crippen MR) is 342 cm³/mol. The molecular formula is C60H97N17O17. The Hall–Kier alpha value is -9.47. The van der Waals surface area contributed by atoms with Crippen LogP contribution in [0.3, 0.4) is 0 Å². The lowest BCUT2D eigenvalue weighted by atomic mass is 9.99. The fourth-order valence-corrected chi connectivity index (χ4v) is 9.41. The number of para-hydroxylation sites is 1. The van der Waals surface area contributed by atoms with Crippen molar-refractivity contribution in [1.29, 1.82) is 0 Å². The quantitative estimate of drug-likeness (QED) is 0.0170. The van der Waals surface area contributed by atoms with Crippen molar-refractivity contribution in [3.63, 3.8) is 0 Å². The average molecular weight is 1330 g/mol. The van der Waals surface area contributed by atoms with Gasteiger partial charge in [-0.2, -0.15) is 0 Å². The average Bonchev–Trinajstić information content (AvgIpc) is 1.61. The van der Waals surface area contributed by atoms with Crippen LogP contribution in [0.1, 0.15) is 126 Å². The number of fused-ring (bicyclic) bond motifs is 1. The Morgan fingerprint density at radius 1 is 0.521 bits per heavy atom. The molecule has 0 aliphatic rings. The van der Waals surface area contributed by atoms with E-state index in [1.54, 1.807) is 72.0 Å². The van der Waals surface area contributed by atoms with Crippen LogP contribution in [0.15, 0.2) is 35.5 Å². The van der Waals surface area contributed by atoms with Crippen LogP contribution in [-0.2, 0) is 73.5 Å². The number of nitrogens with two attached hydrogens (primary N) is 4. The maximum atomic E-state index is 14.5. The van der Waals surface area contributed by atoms with E-state index in [0.717, 1.165) is 0 Å². The summed E-state index contributed by atoms with van der Waals surface area (Å²) in [5, 5.41) is 57.6. The standard InChI is InChI=1S/C60H97N17O17/c1-28(2)20-39(54(88)69-32(9)50(84)75-43(59(93)94)22-30(5)6)71-55(89)41(23-34-25-66-37-15-12-11-14-35(34)37)72-53(87)38(16-13-19-65-60(63)64)70-45(80)26-68-52(86)42(24-47(82)83)74-57(91)48(31(7)8)77-56(90)40(21-29(3)4)73-58(92)49(33(10)78)76-46(81)27-67-51(85)36(61)17-18-44(62)79/h11-12,14-15,25,28-33,36,38-43,48-49,66,78H,13,16-24,26-27,61H2,1-10H3,(H2,62,79)(H,67,85)(H,68,86)(H,69,88)(H,70,80)(H,71,89)(H,72,87)(H,73,92)(H,74,91)(H,75,84)(H,76,81)(H,77,90)(H,82,83)(H,93,94)(H4,63,64,65)/t32-,33+,36-,38-,39-,40-,41-,42-,43-,48-,49-/m0/s1. The first-order chi connectivity index (χ1) is 43.9. The van der Waals surface area contributed by atoms with E-state index in [1.165, 1.54) is 27.7 Å². The van der Waals surface area contributed by atoms with Crippen molar-refractivity contribution in [2.75, 3.05) is 19.6 Å². The van der Waals surface area contributed by atoms with E-state index in [-0.39, 0.29) is 81.6 Å². The Morgan fingerprint density at radius 2 is 1.01 bits per heavy atom. The third kappa shape index (κ3) is 29.4. The molecule has 0 aliphatic heterocycles. The van der Waals surface area contributed by atoms with Gasteiger partial charge < -0.3 is 102 Å². The number of amides is 12. The molecule has 34 nitrogen and oxygen atoms in total. The lowest BCUT2D eigenvalue weighted by Gasteiger charge is -2.29. The van der Waals surface area contributed by atoms with Crippen LogP contribution in [0, 0.1) is 23.7 Å². The highest BCUT2D eigenvalue weighted by atomic mass is 16.4. The van der Waals surface area contributed by atoms with Gasteiger partial charge in [0.1, 0.15) is 54.4 Å². The van der Waals surface area contributed by atoms with Gasteiger partial charge >= 0.3 is 11.9 Å². The number of carboxylic acids is 2. The molecular weight excluding hydrogens is 1230 g/mol. The number of carboxylic acid groups (broad SMARTS) is 2. The molecule has 1 heterocycles. The summed E-state index contributed by atoms with van der Waals surface area (Å²) in [4.78, 5) is 192. The molecule has 94 heavy (non-hydrogen) atoms. The predicted octanol–water partition coefficient (Wildman–Crippen LogP) is -4.29. The minimum absolute atomic E-state index is 0.0384. The molecule has 0 aliphatic carbocycles. The number of guanidine groups is 1. The number of hydrogen-bond acceptors (Lipinski definition) is 17. The van der Waals surface area contributed by atoms with Gasteiger partial charge in [-0.05, 0) is 87.7 Å². The van der Waals surface area contributed by atoms with E-state index >= 15 is 0 Å². The number of aliphatic carboxylic acids is 2. The second kappa shape index (κ2) is 39.8. The summed E-state index contributed by atoms with van der Waals surface area (Å²) in [6, 6.07) is -7.37. The fourth-order valence-electron chi connectivity index (χ4n) is 9.41. The number of aliphatic hydroxyl groups excluding tert-OH is 1. The van der Waals surface area contributed by atoms with E-state index < -0.39 is 175 Å². The van der Waals surface area contributed by atoms with Gasteiger partial charge in [-0.1, -0.05) is 73.6 Å². The lowest BCUT2D eigenvalue weighted by molar-refractivity contribution is -0.143. The fraction of sp³-hybridized carbons (Fsp3) is 0.617. The Morgan fingerprint density at radius 3 is 1.55 bits per heavy atom. The van der Waals surface area contributed by atoms with Crippen molar-refractivity contribution in [3.05, 3.63) is 36.0 Å². The number of nitrogens with one attached hydrogen (secondary N) is 12. The van der Waals surface area contributed by atoms with Crippen molar-refractivity contribution in [2.24, 2.45) is 51.6 Å². The summed E-state index contributed by atoms with van der Waals surface area (Å²) in [6.45, 7) is 14.4. The number of primary amides is 1. The van der Waals surface area contributed by atoms with Gasteiger partial charge in [0.25, 0.3) is 0 Å². The Balaban J connectivity index is 2.39. The number of carbonyl (C=O) groups excluding carboxylic acids is 12. The molecule has 0 radical (unpaired) electrons. The Bertz CT molecular complexity index is 3000. The minimum Gasteiger partial charge on any atom is -0.481 e. The molecule has 0 bridgehead atoms. The summed E-state index contributed by atoms with van der Waals surface area (Å²) < 4.78 is 0. The summed E-state index contributed by atoms with van der Waals surface area (Å²) >= 11 is 0. The molecule has 11 atom stereocenters. The first-order valence-electron chi connectivity index (χ1n) is 30.9. The first kappa shape index (κ1) is 80.6. The molecule has 23 N–H and O–H groups in total. The maximum Gasteiger partial charge on any atom is 0.326 e. The normalized spacial score (nSPS) is 14.8. The van der Waals surface area contributed by atoms with Gasteiger partial charge in [0.2, 0.25) is 70.9 Å². The highest BCUT2D eigenvalue weighted by Crippen LogP contribution is 2.20. The van der Waals surface area contributed by atoms with Gasteiger partial charge in [0.05, 0.1) is 31.7 Å². The molecule has 1 aromatic heterocycles. The van der Waals surface area contributed by atoms with Crippen molar-refractivity contribution >= 4 is 99.7 Å². The van der Waals surface area contributed by atoms with Crippen LogP contribution in [-0.4, -0.2) is 195 Å². The molecule has 34 heteroatoms. The molecule has 2 rings (SSSR count). The zero-order valence-electron chi connectivity index (χ0n) is 54.8. The zero-order chi connectivity index (χ0) is 71.3. The molecule has 0 saturated heterocycles. The number of nitrogens with zero attached hydrogens (tertiary/aromatic N) is 1. The van der Waals surface area contributed by atoms with Crippen LogP contribution < -0.4 is 81.4 Å². The third-order valence-electron chi connectivity index (χ3n) is 14.3. The second-order valence-corrected chi connectivity index (χ2v) is 24.6. The Kier molecular flexibility index (Phi) is 34.2. The van der Waals surface area contributed by atoms with Crippen LogP contribution in [0.4, 0.5) is 0 Å². The highest BCUT2D eigenvalue weighted by molar-refractivity contribution is 5.99. The molecule has 0 spiro atoms. The number of benzene rings is 1. The van der Waals surface area contributed by atoms with Crippen molar-refractivity contribution < 1.29 is 82.4 Å². The number of aliphatic hydroxyl groups is 1. The van der Waals surface area contributed by atoms with E-state index in [9.17, 15) is 82.4 Å². The highest BCUT2D eigenvalue weighted by Gasteiger charge is 2.37. The van der Waals surface area contributed by atoms with Gasteiger partial charge in [-0.3, -0.25) is 67.3 Å². The SMILES string of the molecule is CC(C)C[C@H](NC(=O)[C@H](C)NC(=O)[C@H](CC(C)C)NC(=O)[C@H](Cc1c[nH]c2ccccc12)NC(=O)[C@H](CCCN=C(N)N)NC(=O)CNC(=O)[C@H](CC(=O)O)NC(=O)[C@@H](NC(=O)[C@H](CC(C)C)NC(=O)[C@@H](NC(=O)CNC(=O)[C@@H](N)CCC(N)=O)[C@@H](C)O)C(C)C)C(=O)O. The Labute approximate surface area is 544 Å². The van der Waals surface area contributed by atoms with E-state index in [1.807, 2.05) is 0 Å². The number of aromatic nitrogens is 1. The maximum absolute atomic E-state index is 14.5. The molecule has 1 aromatic carbocycles. The topological polar surface area (TPSA) is 564 Å². The number of rotatable bonds is 42. The molecule has 0 unspecified atom stereocenters. The van der Waals surface area contributed by atoms with Gasteiger partial charge in [-0.15, -0.1) is 0 Å². The summed E-state index contributed by atoms with van der Waals surface area (Å²) in [6.07, 6.45) is -1.50. The van der Waals surface area contributed by atoms with Crippen molar-refractivity contribution in [1.82, 2.24) is 63.5 Å². The number of aromatic amines is 1. The van der Waals surface area contributed by atoms with E-state index in [2.05, 4.69) is 68.5 Å². The summed E-state index contributed by atoms with van der Waals surface area (Å²) in [7, 11) is 0. The summed E-state index contributed by atoms with van der Waals surface area (Å²) in [5.41, 5.74) is 23.1. The third-order valence-corrected chi connectivity index (χ3v) is 14.3. The second-order valence-electron chi connectivity index (χ2n) is 24.6. The van der Waals surface area contributed by atoms with E-state index in [0.29, 0.717) is 16.5 Å². The molecule has 0 saturated carbocycles. The van der Waals surface area contributed by atoms with Crippen LogP contribution >= 0.6 is 0 Å². The first-order valence-corrected chi connectivity index (χ1v) is 30.9. The van der Waals surface area contributed by atoms with Crippen molar-refractivity contribution in [3.8, 4) is 0 Å². The largest absolute Gasteiger partial charge is 0.481 e. The zero-order valence-corrected chi connectivity index (χ0v) is 54.8. The van der Waals surface area contributed by atoms with Crippen LogP contribution in [0.25, 0.3) is 10.9 Å². The van der Waals surface area contributed by atoms with Gasteiger partial charge in [-0.25, -0.2) is 4.79 Å². The molecule has 2 aromatic rings. The smallest absolute Gasteiger partial charge is 0.326 e. The van der Waals surface area contributed by atoms with Gasteiger partial charge in [0, 0.05) is 36.5 Å². The number of hydrogen-bond donors (Lipinski definition) is 19. The van der Waals surface area contributed by atoms with Crippen LogP contribution in [0.5, 0.6) is 0 Å². The molecule has 0 fully saturated rings. The van der Waals surface area contributed by atoms with E-state index in [4.69, 9.17) is 22.9 Å². The van der Waals surface area contributed by atoms with Gasteiger partial charge in [0.15, 0.2) is 5.96 Å².